The molecule has 4 heterocycles. The summed E-state index contributed by atoms with van der Waals surface area (Å²) < 4.78 is 13.7. The van der Waals surface area contributed by atoms with Crippen LogP contribution in [0.1, 0.15) is 20.7 Å². The Hall–Kier alpha value is -2.70. The van der Waals surface area contributed by atoms with E-state index in [1.54, 1.807) is 6.07 Å². The number of hydrogen-bond donors (Lipinski definition) is 2. The number of benzene rings is 2. The van der Waals surface area contributed by atoms with E-state index in [9.17, 15) is 19.1 Å². The van der Waals surface area contributed by atoms with Crippen molar-refractivity contribution in [2.45, 2.75) is 0 Å². The number of carbonyl (C=O) groups is 2. The van der Waals surface area contributed by atoms with Crippen LogP contribution in [0.2, 0.25) is 0 Å². The number of fused-ring (bicyclic) bond motifs is 8. The Balaban J connectivity index is 0.000000247. The maximum absolute atomic E-state index is 13.7. The van der Waals surface area contributed by atoms with Gasteiger partial charge in [0.2, 0.25) is 0 Å². The maximum atomic E-state index is 13.7. The zero-order chi connectivity index (χ0) is 25.7. The molecule has 13 heteroatoms. The van der Waals surface area contributed by atoms with Gasteiger partial charge in [0.05, 0.1) is 22.8 Å². The molecule has 0 spiro atoms. The summed E-state index contributed by atoms with van der Waals surface area (Å²) >= 11 is 7.83. The van der Waals surface area contributed by atoms with Crippen LogP contribution >= 0.6 is 12.2 Å². The fourth-order valence-electron chi connectivity index (χ4n) is 3.70. The molecule has 0 atom stereocenters. The van der Waals surface area contributed by atoms with Crippen molar-refractivity contribution >= 4 is 97.5 Å². The number of phenols is 1. The molecular formula is C24H18FN4O3RuS4+3. The second-order valence-corrected chi connectivity index (χ2v) is 10.00. The van der Waals surface area contributed by atoms with Crippen molar-refractivity contribution in [2.24, 2.45) is 0 Å². The predicted octanol–water partition coefficient (Wildman–Crippen LogP) is 4.08. The summed E-state index contributed by atoms with van der Waals surface area (Å²) in [5.74, 6) is -1.75. The monoisotopic (exact) mass is 659 g/mol. The van der Waals surface area contributed by atoms with Gasteiger partial charge < -0.3 is 15.8 Å². The predicted molar refractivity (Wildman–Crippen MR) is 155 cm³/mol. The summed E-state index contributed by atoms with van der Waals surface area (Å²) in [6.07, 6.45) is 1.04. The summed E-state index contributed by atoms with van der Waals surface area (Å²) in [7, 11) is 0. The average Bonchev–Trinajstić information content (AvgIpc) is 3.41. The molecule has 3 N–H and O–H groups in total. The largest absolute Gasteiger partial charge is 2.00 e. The number of nitrogens with one attached hydrogen (secondary N) is 2. The molecule has 0 unspecified atom stereocenters. The van der Waals surface area contributed by atoms with E-state index in [4.69, 9.17) is 5.73 Å². The maximum Gasteiger partial charge on any atom is 2.00 e. The van der Waals surface area contributed by atoms with Crippen LogP contribution in [0, 0.1) is 5.82 Å². The number of imide groups is 1. The van der Waals surface area contributed by atoms with E-state index in [0.29, 0.717) is 27.3 Å². The molecule has 0 bridgehead atoms. The van der Waals surface area contributed by atoms with Crippen LogP contribution in [-0.2, 0) is 54.8 Å². The number of nitrogens with zero attached hydrogens (tertiary/aromatic N) is 2. The van der Waals surface area contributed by atoms with Crippen LogP contribution in [0.3, 0.4) is 0 Å². The van der Waals surface area contributed by atoms with Crippen LogP contribution in [0.4, 0.5) is 4.39 Å². The van der Waals surface area contributed by atoms with Gasteiger partial charge in [-0.2, -0.15) is 0 Å². The molecule has 0 radical (unpaired) electrons. The van der Waals surface area contributed by atoms with Crippen molar-refractivity contribution in [1.82, 2.24) is 15.3 Å². The molecule has 2 aliphatic rings. The van der Waals surface area contributed by atoms with Gasteiger partial charge in [0, 0.05) is 40.7 Å². The van der Waals surface area contributed by atoms with Crippen molar-refractivity contribution in [2.75, 3.05) is 0 Å². The normalized spacial score (nSPS) is 16.5. The Morgan fingerprint density at radius 2 is 1.54 bits per heavy atom. The molecule has 0 saturated heterocycles. The van der Waals surface area contributed by atoms with E-state index >= 15 is 0 Å². The van der Waals surface area contributed by atoms with Crippen molar-refractivity contribution in [3.05, 3.63) is 85.6 Å². The van der Waals surface area contributed by atoms with Crippen molar-refractivity contribution in [3.63, 3.8) is 0 Å². The van der Waals surface area contributed by atoms with E-state index in [-0.39, 0.29) is 41.7 Å². The summed E-state index contributed by atoms with van der Waals surface area (Å²) in [5.41, 5.74) is 8.25. The van der Waals surface area contributed by atoms with Crippen molar-refractivity contribution in [3.8, 4) is 5.75 Å². The van der Waals surface area contributed by atoms with Crippen LogP contribution in [0.15, 0.2) is 62.9 Å². The Labute approximate surface area is 241 Å². The van der Waals surface area contributed by atoms with Crippen LogP contribution in [0.5, 0.6) is 5.75 Å². The van der Waals surface area contributed by atoms with E-state index in [1.165, 1.54) is 53.5 Å². The van der Waals surface area contributed by atoms with E-state index in [0.717, 1.165) is 11.7 Å². The fourth-order valence-corrected chi connectivity index (χ4v) is 5.85. The van der Waals surface area contributed by atoms with E-state index < -0.39 is 17.6 Å². The van der Waals surface area contributed by atoms with Crippen LogP contribution in [-0.4, -0.2) is 27.4 Å². The van der Waals surface area contributed by atoms with Gasteiger partial charge in [-0.1, -0.05) is 6.07 Å². The van der Waals surface area contributed by atoms with Crippen LogP contribution < -0.4 is 10.3 Å². The number of thiocarbonyl (C=S) groups is 1. The van der Waals surface area contributed by atoms with Gasteiger partial charge in [-0.3, -0.25) is 19.9 Å². The van der Waals surface area contributed by atoms with Gasteiger partial charge in [0.25, 0.3) is 11.8 Å². The van der Waals surface area contributed by atoms with Gasteiger partial charge in [0.1, 0.15) is 11.6 Å². The van der Waals surface area contributed by atoms with Gasteiger partial charge in [-0.05, 0) is 29.0 Å². The number of hydrogen-bond acceptors (Lipinski definition) is 5. The molecule has 37 heavy (non-hydrogen) atoms. The SMILES string of the molecule is C1=C\[SH+]/C=C/[SH+]/C=C\[SH+]/1.O=C1NC(=O)c2c1c1cc(F)cnc1c1[n-]c3ccc(O)cc3c21.[NH-]C=S.[Ru+2]. The molecule has 0 aliphatic carbocycles. The minimum Gasteiger partial charge on any atom is -0.696 e. The number of pyridine rings is 1. The summed E-state index contributed by atoms with van der Waals surface area (Å²) in [6, 6.07) is 5.75. The average molecular weight is 659 g/mol. The third-order valence-electron chi connectivity index (χ3n) is 4.96. The molecule has 2 amide bonds. The first-order valence-electron chi connectivity index (χ1n) is 10.2. The molecule has 0 fully saturated rings. The Kier molecular flexibility index (Phi) is 10.3. The van der Waals surface area contributed by atoms with Crippen molar-refractivity contribution in [1.29, 1.82) is 0 Å². The molecule has 2 aromatic carbocycles. The number of aromatic hydroxyl groups is 1. The molecule has 6 rings (SSSR count). The molecule has 2 aromatic heterocycles. The number of carbonyl (C=O) groups excluding carboxylic acids is 2. The standard InChI is InChI=1S/C17H8FN3O3.C6H6S3.CH3NS.Ru/c18-6-3-9-12-13(17(24)21-16(12)23)11-8-4-7(22)1-2-10(8)20-15(11)14(9)19-5-6;1-2-8-5-6-9-4-3-7-1;2-1-3;/h1-5H,(H3,19,20,21,22,23,24);1-6H;1H,(H2,2,3);/q;;;+2/p+1/b;2-1-,4-3-,6-5+;;. The minimum atomic E-state index is -0.607. The third-order valence-corrected chi connectivity index (χ3v) is 7.60. The number of amides is 2. The second kappa shape index (κ2) is 13.2. The van der Waals surface area contributed by atoms with Gasteiger partial charge in [0.15, 0.2) is 32.4 Å². The fraction of sp³-hybridized carbons (Fsp3) is 0. The molecule has 7 nitrogen and oxygen atoms in total. The summed E-state index contributed by atoms with van der Waals surface area (Å²) in [6.45, 7) is 0. The van der Waals surface area contributed by atoms with Gasteiger partial charge >= 0.3 is 19.5 Å². The number of thiol groups is 3. The second-order valence-electron chi connectivity index (χ2n) is 7.08. The Morgan fingerprint density at radius 3 is 2.14 bits per heavy atom. The van der Waals surface area contributed by atoms with Crippen molar-refractivity contribution < 1.29 is 38.6 Å². The Morgan fingerprint density at radius 1 is 0.973 bits per heavy atom. The molecule has 2 aliphatic heterocycles. The zero-order valence-corrected chi connectivity index (χ0v) is 23.8. The minimum absolute atomic E-state index is 0. The van der Waals surface area contributed by atoms with E-state index in [1.807, 2.05) is 0 Å². The van der Waals surface area contributed by atoms with Gasteiger partial charge in [-0.25, -0.2) is 4.39 Å². The molecule has 4 aromatic rings. The number of aromatic nitrogens is 2. The third kappa shape index (κ3) is 6.24. The first-order chi connectivity index (χ1) is 17.5. The summed E-state index contributed by atoms with van der Waals surface area (Å²) in [4.78, 5) is 33.1. The summed E-state index contributed by atoms with van der Waals surface area (Å²) in [5, 5.41) is 26.2. The molecule has 0 saturated carbocycles. The Bertz CT molecular complexity index is 1560. The number of phenolic OH excluding ortho intramolecular Hbond substituents is 1. The first kappa shape index (κ1) is 28.9. The number of halogens is 1. The molecule has 188 valence electrons. The van der Waals surface area contributed by atoms with E-state index in [2.05, 4.69) is 60.0 Å². The van der Waals surface area contributed by atoms with Crippen LogP contribution in [0.25, 0.3) is 38.4 Å². The topological polar surface area (TPSA) is 117 Å². The number of rotatable bonds is 0. The zero-order valence-electron chi connectivity index (χ0n) is 18.6. The van der Waals surface area contributed by atoms with Gasteiger partial charge in [-0.15, -0.1) is 28.7 Å². The first-order valence-corrected chi connectivity index (χ1v) is 13.7. The molecular weight excluding hydrogens is 641 g/mol. The smallest absolute Gasteiger partial charge is 0.696 e. The quantitative estimate of drug-likeness (QED) is 0.0968.